The van der Waals surface area contributed by atoms with Crippen molar-refractivity contribution in [3.8, 4) is 33.4 Å². The zero-order valence-electron chi connectivity index (χ0n) is 26.3. The Labute approximate surface area is 284 Å². The van der Waals surface area contributed by atoms with Crippen molar-refractivity contribution in [2.45, 2.75) is 0 Å². The average Bonchev–Trinajstić information content (AvgIpc) is 3.54. The van der Waals surface area contributed by atoms with Crippen molar-refractivity contribution in [3.63, 3.8) is 0 Å². The number of nitrogens with zero attached hydrogens (tertiary/aromatic N) is 1. The van der Waals surface area contributed by atoms with E-state index in [0.29, 0.717) is 0 Å². The van der Waals surface area contributed by atoms with E-state index in [9.17, 15) is 0 Å². The van der Waals surface area contributed by atoms with Crippen LogP contribution in [0, 0.1) is 0 Å². The molecule has 0 saturated carbocycles. The van der Waals surface area contributed by atoms with Gasteiger partial charge in [-0.25, -0.2) is 0 Å². The summed E-state index contributed by atoms with van der Waals surface area (Å²) in [6.07, 6.45) is 0. The molecule has 1 nitrogen and oxygen atoms in total. The molecule has 0 unspecified atom stereocenters. The molecule has 0 saturated heterocycles. The van der Waals surface area contributed by atoms with Crippen molar-refractivity contribution in [2.75, 3.05) is 4.90 Å². The second kappa shape index (κ2) is 12.0. The normalized spacial score (nSPS) is 11.3. The van der Waals surface area contributed by atoms with Gasteiger partial charge in [-0.3, -0.25) is 0 Å². The van der Waals surface area contributed by atoms with Gasteiger partial charge in [0.2, 0.25) is 0 Å². The summed E-state index contributed by atoms with van der Waals surface area (Å²) in [5.41, 5.74) is 10.7. The Kier molecular flexibility index (Phi) is 7.07. The van der Waals surface area contributed by atoms with Crippen molar-refractivity contribution >= 4 is 59.3 Å². The highest BCUT2D eigenvalue weighted by molar-refractivity contribution is 7.25. The lowest BCUT2D eigenvalue weighted by Gasteiger charge is -2.26. The van der Waals surface area contributed by atoms with Crippen LogP contribution in [0.2, 0.25) is 0 Å². The van der Waals surface area contributed by atoms with Crippen LogP contribution in [-0.4, -0.2) is 0 Å². The number of rotatable bonds is 6. The minimum absolute atomic E-state index is 1.12. The SMILES string of the molecule is c1ccc(-c2ccc(N(c3cccc(-c4cccc(-c5cccc6ccccc56)c4)c3)c3ccc4c(c3)sc3ccccc34)cc2)cc1. The van der Waals surface area contributed by atoms with Crippen molar-refractivity contribution in [1.82, 2.24) is 0 Å². The number of thiophene rings is 1. The fourth-order valence-corrected chi connectivity index (χ4v) is 8.04. The average molecular weight is 630 g/mol. The minimum atomic E-state index is 1.12. The van der Waals surface area contributed by atoms with Gasteiger partial charge in [0.05, 0.1) is 0 Å². The van der Waals surface area contributed by atoms with Crippen molar-refractivity contribution in [1.29, 1.82) is 0 Å². The van der Waals surface area contributed by atoms with Crippen LogP contribution >= 0.6 is 11.3 Å². The summed E-state index contributed by atoms with van der Waals surface area (Å²) in [6.45, 7) is 0. The van der Waals surface area contributed by atoms with E-state index in [-0.39, 0.29) is 0 Å². The summed E-state index contributed by atoms with van der Waals surface area (Å²) in [6, 6.07) is 68.2. The van der Waals surface area contributed by atoms with Crippen LogP contribution in [0.3, 0.4) is 0 Å². The molecule has 48 heavy (non-hydrogen) atoms. The van der Waals surface area contributed by atoms with Gasteiger partial charge in [0.25, 0.3) is 0 Å². The van der Waals surface area contributed by atoms with E-state index < -0.39 is 0 Å². The van der Waals surface area contributed by atoms with Crippen LogP contribution in [0.1, 0.15) is 0 Å². The first-order valence-corrected chi connectivity index (χ1v) is 17.2. The Hall–Kier alpha value is -5.96. The van der Waals surface area contributed by atoms with Crippen LogP contribution < -0.4 is 4.90 Å². The maximum atomic E-state index is 2.39. The number of hydrogen-bond donors (Lipinski definition) is 0. The quantitative estimate of drug-likeness (QED) is 0.177. The van der Waals surface area contributed by atoms with E-state index in [1.54, 1.807) is 0 Å². The van der Waals surface area contributed by atoms with Crippen LogP contribution in [0.15, 0.2) is 188 Å². The molecule has 9 rings (SSSR count). The molecule has 0 amide bonds. The Bertz CT molecular complexity index is 2560. The van der Waals surface area contributed by atoms with Gasteiger partial charge in [0.15, 0.2) is 0 Å². The van der Waals surface area contributed by atoms with Gasteiger partial charge in [0.1, 0.15) is 0 Å². The summed E-state index contributed by atoms with van der Waals surface area (Å²) >= 11 is 1.86. The number of benzene rings is 8. The van der Waals surface area contributed by atoms with E-state index in [1.807, 2.05) is 11.3 Å². The molecule has 0 N–H and O–H groups in total. The van der Waals surface area contributed by atoms with Crippen LogP contribution in [0.25, 0.3) is 64.3 Å². The third-order valence-corrected chi connectivity index (χ3v) is 10.4. The monoisotopic (exact) mass is 629 g/mol. The highest BCUT2D eigenvalue weighted by Gasteiger charge is 2.16. The molecule has 8 aromatic carbocycles. The lowest BCUT2D eigenvalue weighted by Crippen LogP contribution is -2.09. The molecule has 0 fully saturated rings. The molecule has 0 aliphatic heterocycles. The van der Waals surface area contributed by atoms with Crippen molar-refractivity contribution in [3.05, 3.63) is 188 Å². The molecular weight excluding hydrogens is 599 g/mol. The third kappa shape index (κ3) is 5.13. The molecule has 0 radical (unpaired) electrons. The fourth-order valence-electron chi connectivity index (χ4n) is 6.90. The zero-order valence-corrected chi connectivity index (χ0v) is 27.1. The first kappa shape index (κ1) is 28.3. The minimum Gasteiger partial charge on any atom is -0.310 e. The number of fused-ring (bicyclic) bond motifs is 4. The summed E-state index contributed by atoms with van der Waals surface area (Å²) in [4.78, 5) is 2.39. The molecule has 0 aliphatic carbocycles. The molecule has 0 bridgehead atoms. The highest BCUT2D eigenvalue weighted by Crippen LogP contribution is 2.42. The van der Waals surface area contributed by atoms with Crippen LogP contribution in [0.4, 0.5) is 17.1 Å². The van der Waals surface area contributed by atoms with Gasteiger partial charge in [-0.2, -0.15) is 0 Å². The first-order chi connectivity index (χ1) is 23.8. The van der Waals surface area contributed by atoms with Gasteiger partial charge in [-0.15, -0.1) is 11.3 Å². The molecule has 1 aromatic heterocycles. The van der Waals surface area contributed by atoms with E-state index in [0.717, 1.165) is 17.1 Å². The zero-order chi connectivity index (χ0) is 31.9. The van der Waals surface area contributed by atoms with Gasteiger partial charge >= 0.3 is 0 Å². The molecule has 2 heteroatoms. The largest absolute Gasteiger partial charge is 0.310 e. The topological polar surface area (TPSA) is 3.24 Å². The van der Waals surface area contributed by atoms with Crippen LogP contribution in [-0.2, 0) is 0 Å². The van der Waals surface area contributed by atoms with Gasteiger partial charge in [0, 0.05) is 37.2 Å². The summed E-state index contributed by atoms with van der Waals surface area (Å²) in [7, 11) is 0. The Balaban J connectivity index is 1.16. The maximum Gasteiger partial charge on any atom is 0.0476 e. The van der Waals surface area contributed by atoms with E-state index in [4.69, 9.17) is 0 Å². The van der Waals surface area contributed by atoms with Gasteiger partial charge in [-0.05, 0) is 92.7 Å². The number of anilines is 3. The predicted molar refractivity (Wildman–Crippen MR) is 208 cm³/mol. The predicted octanol–water partition coefficient (Wildman–Crippen LogP) is 13.7. The van der Waals surface area contributed by atoms with Gasteiger partial charge in [-0.1, -0.05) is 140 Å². The smallest absolute Gasteiger partial charge is 0.0476 e. The third-order valence-electron chi connectivity index (χ3n) is 9.25. The molecule has 0 spiro atoms. The Morgan fingerprint density at radius 1 is 0.312 bits per heavy atom. The van der Waals surface area contributed by atoms with E-state index >= 15 is 0 Å². The number of hydrogen-bond acceptors (Lipinski definition) is 2. The molecule has 226 valence electrons. The summed E-state index contributed by atoms with van der Waals surface area (Å²) < 4.78 is 2.61. The second-order valence-corrected chi connectivity index (χ2v) is 13.3. The summed E-state index contributed by atoms with van der Waals surface area (Å²) in [5, 5.41) is 5.15. The second-order valence-electron chi connectivity index (χ2n) is 12.2. The van der Waals surface area contributed by atoms with E-state index in [1.165, 1.54) is 64.3 Å². The molecule has 0 aliphatic rings. The Morgan fingerprint density at radius 2 is 0.896 bits per heavy atom. The van der Waals surface area contributed by atoms with Crippen molar-refractivity contribution < 1.29 is 0 Å². The van der Waals surface area contributed by atoms with E-state index in [2.05, 4.69) is 193 Å². The molecular formula is C46H31NS. The lowest BCUT2D eigenvalue weighted by atomic mass is 9.95. The first-order valence-electron chi connectivity index (χ1n) is 16.3. The van der Waals surface area contributed by atoms with Crippen molar-refractivity contribution in [2.24, 2.45) is 0 Å². The molecule has 1 heterocycles. The highest BCUT2D eigenvalue weighted by atomic mass is 32.1. The molecule has 0 atom stereocenters. The van der Waals surface area contributed by atoms with Crippen LogP contribution in [0.5, 0.6) is 0 Å². The standard InChI is InChI=1S/C46H31NS/c1-2-11-32(12-3-1)33-23-25-38(26-24-33)47(40-27-28-44-43-20-6-7-22-45(43)48-46(44)31-40)39-18-9-16-36(30-39)35-15-8-17-37(29-35)42-21-10-14-34-13-4-5-19-41(34)42/h1-31H. The maximum absolute atomic E-state index is 2.39. The molecule has 9 aromatic rings. The van der Waals surface area contributed by atoms with Gasteiger partial charge < -0.3 is 4.90 Å². The fraction of sp³-hybridized carbons (Fsp3) is 0. The lowest BCUT2D eigenvalue weighted by molar-refractivity contribution is 1.29. The Morgan fingerprint density at radius 3 is 1.77 bits per heavy atom. The summed E-state index contributed by atoms with van der Waals surface area (Å²) in [5.74, 6) is 0.